The van der Waals surface area contributed by atoms with E-state index in [2.05, 4.69) is 51.6 Å². The lowest BCUT2D eigenvalue weighted by Gasteiger charge is -2.21. The summed E-state index contributed by atoms with van der Waals surface area (Å²) in [5, 5.41) is 6.61. The van der Waals surface area contributed by atoms with Crippen LogP contribution in [0.25, 0.3) is 0 Å². The summed E-state index contributed by atoms with van der Waals surface area (Å²) in [6.07, 6.45) is 0.982. The van der Waals surface area contributed by atoms with Gasteiger partial charge in [-0.05, 0) is 25.5 Å². The van der Waals surface area contributed by atoms with Crippen LogP contribution in [0.3, 0.4) is 0 Å². The molecule has 0 radical (unpaired) electrons. The zero-order chi connectivity index (χ0) is 17.4. The van der Waals surface area contributed by atoms with Gasteiger partial charge in [-0.3, -0.25) is 4.99 Å². The van der Waals surface area contributed by atoms with Crippen LogP contribution in [0.4, 0.5) is 0 Å². The molecule has 1 aromatic heterocycles. The Morgan fingerprint density at radius 1 is 1.32 bits per heavy atom. The van der Waals surface area contributed by atoms with E-state index in [1.54, 1.807) is 18.4 Å². The molecule has 7 heteroatoms. The van der Waals surface area contributed by atoms with Gasteiger partial charge in [0, 0.05) is 19.5 Å². The van der Waals surface area contributed by atoms with Crippen molar-refractivity contribution in [2.75, 3.05) is 27.2 Å². The number of guanidine groups is 1. The van der Waals surface area contributed by atoms with Crippen molar-refractivity contribution in [3.05, 3.63) is 45.9 Å². The van der Waals surface area contributed by atoms with Crippen LogP contribution in [0.15, 0.2) is 34.6 Å². The number of nitrogens with zero attached hydrogens (tertiary/aromatic N) is 3. The number of hydrogen-bond acceptors (Lipinski definition) is 4. The summed E-state index contributed by atoms with van der Waals surface area (Å²) in [6, 6.07) is 8.10. The molecule has 0 aliphatic carbocycles. The van der Waals surface area contributed by atoms with Crippen LogP contribution in [-0.4, -0.2) is 43.1 Å². The number of aryl methyl sites for hydroxylation is 2. The van der Waals surface area contributed by atoms with Crippen LogP contribution in [0.5, 0.6) is 5.75 Å². The summed E-state index contributed by atoms with van der Waals surface area (Å²) in [6.45, 7) is 6.24. The van der Waals surface area contributed by atoms with Crippen molar-refractivity contribution in [2.45, 2.75) is 26.8 Å². The van der Waals surface area contributed by atoms with Crippen LogP contribution in [0.1, 0.15) is 23.2 Å². The molecular weight excluding hydrogens is 447 g/mol. The number of halogens is 1. The normalized spacial score (nSPS) is 11.0. The fourth-order valence-electron chi connectivity index (χ4n) is 2.19. The summed E-state index contributed by atoms with van der Waals surface area (Å²) in [4.78, 5) is 10.9. The molecule has 0 bridgehead atoms. The summed E-state index contributed by atoms with van der Waals surface area (Å²) in [7, 11) is 3.80. The van der Waals surface area contributed by atoms with Gasteiger partial charge in [0.05, 0.1) is 23.8 Å². The van der Waals surface area contributed by atoms with Gasteiger partial charge in [-0.1, -0.05) is 24.6 Å². The minimum Gasteiger partial charge on any atom is -0.492 e. The van der Waals surface area contributed by atoms with Crippen molar-refractivity contribution in [3.8, 4) is 5.75 Å². The Labute approximate surface area is 171 Å². The monoisotopic (exact) mass is 474 g/mol. The van der Waals surface area contributed by atoms with Crippen molar-refractivity contribution < 1.29 is 4.74 Å². The molecule has 0 saturated carbocycles. The molecule has 1 heterocycles. The molecule has 138 valence electrons. The second-order valence-corrected chi connectivity index (χ2v) is 6.51. The number of nitrogens with one attached hydrogen (secondary N) is 1. The van der Waals surface area contributed by atoms with Crippen LogP contribution < -0.4 is 10.1 Å². The fourth-order valence-corrected chi connectivity index (χ4v) is 2.93. The Morgan fingerprint density at radius 2 is 2.04 bits per heavy atom. The zero-order valence-electron chi connectivity index (χ0n) is 15.3. The summed E-state index contributed by atoms with van der Waals surface area (Å²) >= 11 is 1.71. The first kappa shape index (κ1) is 21.7. The molecule has 5 nitrogen and oxygen atoms in total. The highest BCUT2D eigenvalue weighted by Crippen LogP contribution is 2.11. The third-order valence-electron chi connectivity index (χ3n) is 3.62. The topological polar surface area (TPSA) is 49.8 Å². The molecule has 0 atom stereocenters. The Morgan fingerprint density at radius 3 is 2.64 bits per heavy atom. The van der Waals surface area contributed by atoms with E-state index in [1.807, 2.05) is 19.2 Å². The van der Waals surface area contributed by atoms with E-state index in [9.17, 15) is 0 Å². The van der Waals surface area contributed by atoms with Gasteiger partial charge < -0.3 is 15.0 Å². The molecule has 0 aliphatic heterocycles. The van der Waals surface area contributed by atoms with Gasteiger partial charge in [0.15, 0.2) is 5.96 Å². The largest absolute Gasteiger partial charge is 0.492 e. The average molecular weight is 474 g/mol. The standard InChI is InChI=1S/C18H26N4OS.HI/c1-5-17-21-15(13-24-17)12-20-18(19-3)22(4)10-11-23-16-8-6-14(2)7-9-16;/h6-9,13H,5,10-12H2,1-4H3,(H,19,20);1H. The van der Waals surface area contributed by atoms with Crippen molar-refractivity contribution in [2.24, 2.45) is 4.99 Å². The van der Waals surface area contributed by atoms with Gasteiger partial charge in [0.2, 0.25) is 0 Å². The highest BCUT2D eigenvalue weighted by molar-refractivity contribution is 14.0. The lowest BCUT2D eigenvalue weighted by Crippen LogP contribution is -2.40. The van der Waals surface area contributed by atoms with E-state index in [1.165, 1.54) is 10.6 Å². The molecule has 1 N–H and O–H groups in total. The molecule has 0 unspecified atom stereocenters. The number of benzene rings is 1. The second-order valence-electron chi connectivity index (χ2n) is 5.57. The van der Waals surface area contributed by atoms with Crippen molar-refractivity contribution >= 4 is 41.3 Å². The molecule has 0 aliphatic rings. The summed E-state index contributed by atoms with van der Waals surface area (Å²) < 4.78 is 5.77. The fraction of sp³-hybridized carbons (Fsp3) is 0.444. The van der Waals surface area contributed by atoms with Gasteiger partial charge in [-0.2, -0.15) is 0 Å². The number of likely N-dealkylation sites (N-methyl/N-ethyl adjacent to an activating group) is 1. The molecule has 25 heavy (non-hydrogen) atoms. The van der Waals surface area contributed by atoms with Crippen molar-refractivity contribution in [1.82, 2.24) is 15.2 Å². The van der Waals surface area contributed by atoms with Gasteiger partial charge in [0.25, 0.3) is 0 Å². The van der Waals surface area contributed by atoms with E-state index < -0.39 is 0 Å². The molecule has 0 spiro atoms. The first-order chi connectivity index (χ1) is 11.6. The van der Waals surface area contributed by atoms with Crippen LogP contribution in [-0.2, 0) is 13.0 Å². The lowest BCUT2D eigenvalue weighted by atomic mass is 10.2. The molecule has 2 rings (SSSR count). The average Bonchev–Trinajstić information content (AvgIpc) is 3.05. The Balaban J connectivity index is 0.00000312. The van der Waals surface area contributed by atoms with E-state index in [4.69, 9.17) is 4.74 Å². The molecule has 1 aromatic carbocycles. The van der Waals surface area contributed by atoms with Gasteiger partial charge in [-0.25, -0.2) is 4.98 Å². The predicted octanol–water partition coefficient (Wildman–Crippen LogP) is 3.72. The lowest BCUT2D eigenvalue weighted by molar-refractivity contribution is 0.281. The summed E-state index contributed by atoms with van der Waals surface area (Å²) in [5.41, 5.74) is 2.29. The second kappa shape index (κ2) is 11.3. The highest BCUT2D eigenvalue weighted by Gasteiger charge is 2.07. The van der Waals surface area contributed by atoms with Gasteiger partial charge in [-0.15, -0.1) is 35.3 Å². The van der Waals surface area contributed by atoms with Crippen molar-refractivity contribution in [3.63, 3.8) is 0 Å². The maximum absolute atomic E-state index is 5.77. The number of ether oxygens (including phenoxy) is 1. The van der Waals surface area contributed by atoms with Crippen LogP contribution in [0.2, 0.25) is 0 Å². The molecule has 0 fully saturated rings. The highest BCUT2D eigenvalue weighted by atomic mass is 127. The van der Waals surface area contributed by atoms with Crippen LogP contribution >= 0.6 is 35.3 Å². The number of hydrogen-bond donors (Lipinski definition) is 1. The Hall–Kier alpha value is -1.35. The third-order valence-corrected chi connectivity index (χ3v) is 4.66. The first-order valence-corrected chi connectivity index (χ1v) is 9.05. The number of aromatic nitrogens is 1. The maximum Gasteiger partial charge on any atom is 0.193 e. The van der Waals surface area contributed by atoms with Gasteiger partial charge >= 0.3 is 0 Å². The SMILES string of the molecule is CCc1nc(CNC(=NC)N(C)CCOc2ccc(C)cc2)cs1.I. The summed E-state index contributed by atoms with van der Waals surface area (Å²) in [5.74, 6) is 1.74. The number of rotatable bonds is 7. The van der Waals surface area contributed by atoms with E-state index in [0.29, 0.717) is 13.2 Å². The van der Waals surface area contributed by atoms with E-state index in [0.717, 1.165) is 30.4 Å². The van der Waals surface area contributed by atoms with E-state index in [-0.39, 0.29) is 24.0 Å². The number of thiazole rings is 1. The first-order valence-electron chi connectivity index (χ1n) is 8.17. The minimum absolute atomic E-state index is 0. The van der Waals surface area contributed by atoms with Crippen molar-refractivity contribution in [1.29, 1.82) is 0 Å². The molecule has 0 saturated heterocycles. The van der Waals surface area contributed by atoms with Crippen LogP contribution in [0, 0.1) is 6.92 Å². The number of aliphatic imine (C=N–C) groups is 1. The minimum atomic E-state index is 0. The maximum atomic E-state index is 5.77. The molecular formula is C18H27IN4OS. The Bertz CT molecular complexity index is 657. The predicted molar refractivity (Wildman–Crippen MR) is 116 cm³/mol. The van der Waals surface area contributed by atoms with E-state index >= 15 is 0 Å². The Kier molecular flexibility index (Phi) is 9.81. The smallest absolute Gasteiger partial charge is 0.193 e. The quantitative estimate of drug-likeness (QED) is 0.378. The zero-order valence-corrected chi connectivity index (χ0v) is 18.4. The van der Waals surface area contributed by atoms with Gasteiger partial charge in [0.1, 0.15) is 12.4 Å². The molecule has 0 amide bonds. The molecule has 2 aromatic rings. The third kappa shape index (κ3) is 7.19.